The summed E-state index contributed by atoms with van der Waals surface area (Å²) in [5.74, 6) is 0.694. The number of carbonyl (C=O) groups excluding carboxylic acids is 1. The molecule has 4 aromatic rings. The van der Waals surface area contributed by atoms with Gasteiger partial charge in [-0.1, -0.05) is 47.1 Å². The van der Waals surface area contributed by atoms with Gasteiger partial charge in [0.25, 0.3) is 5.56 Å². The number of hydrogen-bond donors (Lipinski definition) is 1. The van der Waals surface area contributed by atoms with Gasteiger partial charge < -0.3 is 14.8 Å². The summed E-state index contributed by atoms with van der Waals surface area (Å²) >= 11 is 13.2. The molecule has 0 unspecified atom stereocenters. The summed E-state index contributed by atoms with van der Waals surface area (Å²) in [5, 5.41) is 3.83. The number of anilines is 1. The van der Waals surface area contributed by atoms with E-state index in [9.17, 15) is 9.59 Å². The van der Waals surface area contributed by atoms with E-state index in [0.29, 0.717) is 49.0 Å². The second-order valence-electron chi connectivity index (χ2n) is 7.50. The van der Waals surface area contributed by atoms with Crippen LogP contribution in [0.1, 0.15) is 6.92 Å². The molecule has 0 aliphatic carbocycles. The van der Waals surface area contributed by atoms with Crippen LogP contribution in [0.3, 0.4) is 0 Å². The Kier molecular flexibility index (Phi) is 7.54. The Morgan fingerprint density at radius 3 is 2.37 bits per heavy atom. The topological polar surface area (TPSA) is 82.5 Å². The molecule has 1 N–H and O–H groups in total. The number of para-hydroxylation sites is 1. The third kappa shape index (κ3) is 5.40. The van der Waals surface area contributed by atoms with Crippen molar-refractivity contribution in [3.8, 4) is 17.2 Å². The highest BCUT2D eigenvalue weighted by molar-refractivity contribution is 8.00. The van der Waals surface area contributed by atoms with Crippen LogP contribution in [0.5, 0.6) is 11.5 Å². The lowest BCUT2D eigenvalue weighted by molar-refractivity contribution is -0.115. The summed E-state index contributed by atoms with van der Waals surface area (Å²) in [7, 11) is 3.06. The molecule has 0 bridgehead atoms. The molecule has 0 spiro atoms. The molecule has 0 aliphatic heterocycles. The zero-order valence-electron chi connectivity index (χ0n) is 19.0. The quantitative estimate of drug-likeness (QED) is 0.239. The predicted octanol–water partition coefficient (Wildman–Crippen LogP) is 5.83. The third-order valence-electron chi connectivity index (χ3n) is 5.15. The summed E-state index contributed by atoms with van der Waals surface area (Å²) in [6.07, 6.45) is 0. The molecule has 4 rings (SSSR count). The van der Waals surface area contributed by atoms with Crippen molar-refractivity contribution in [1.29, 1.82) is 0 Å². The maximum Gasteiger partial charge on any atom is 0.266 e. The number of fused-ring (bicyclic) bond motifs is 1. The third-order valence-corrected chi connectivity index (χ3v) is 6.64. The summed E-state index contributed by atoms with van der Waals surface area (Å²) < 4.78 is 12.2. The monoisotopic (exact) mass is 529 g/mol. The SMILES string of the molecule is COc1ccc(-n2c(S[C@H](C)C(=O)Nc3cc(Cl)cc(Cl)c3)nc3ccccc3c2=O)cc1OC. The van der Waals surface area contributed by atoms with Gasteiger partial charge in [0.1, 0.15) is 0 Å². The molecule has 1 aromatic heterocycles. The predicted molar refractivity (Wildman–Crippen MR) is 141 cm³/mol. The average Bonchev–Trinajstić information content (AvgIpc) is 2.83. The minimum atomic E-state index is -0.604. The Balaban J connectivity index is 1.75. The van der Waals surface area contributed by atoms with E-state index >= 15 is 0 Å². The molecule has 35 heavy (non-hydrogen) atoms. The Bertz CT molecular complexity index is 1460. The van der Waals surface area contributed by atoms with Crippen LogP contribution in [0.2, 0.25) is 10.0 Å². The largest absolute Gasteiger partial charge is 0.493 e. The van der Waals surface area contributed by atoms with Gasteiger partial charge in [-0.25, -0.2) is 4.98 Å². The Hall–Kier alpha value is -3.20. The Labute approximate surface area is 216 Å². The summed E-state index contributed by atoms with van der Waals surface area (Å²) in [6.45, 7) is 1.73. The number of methoxy groups -OCH3 is 2. The maximum absolute atomic E-state index is 13.5. The zero-order valence-corrected chi connectivity index (χ0v) is 21.4. The molecule has 0 fully saturated rings. The van der Waals surface area contributed by atoms with E-state index in [2.05, 4.69) is 5.32 Å². The van der Waals surface area contributed by atoms with Gasteiger partial charge in [0.05, 0.1) is 36.1 Å². The molecule has 0 aliphatic rings. The molecule has 0 saturated carbocycles. The lowest BCUT2D eigenvalue weighted by atomic mass is 10.2. The van der Waals surface area contributed by atoms with Crippen LogP contribution in [-0.4, -0.2) is 34.9 Å². The highest BCUT2D eigenvalue weighted by atomic mass is 35.5. The van der Waals surface area contributed by atoms with E-state index in [0.717, 1.165) is 11.8 Å². The van der Waals surface area contributed by atoms with Gasteiger partial charge in [-0.3, -0.25) is 14.2 Å². The molecule has 10 heteroatoms. The first-order chi connectivity index (χ1) is 16.8. The summed E-state index contributed by atoms with van der Waals surface area (Å²) in [5.41, 5.74) is 1.27. The lowest BCUT2D eigenvalue weighted by Gasteiger charge is -2.17. The van der Waals surface area contributed by atoms with Gasteiger partial charge in [0.2, 0.25) is 5.91 Å². The minimum Gasteiger partial charge on any atom is -0.493 e. The van der Waals surface area contributed by atoms with E-state index in [1.165, 1.54) is 18.8 Å². The van der Waals surface area contributed by atoms with Crippen molar-refractivity contribution in [3.05, 3.63) is 81.1 Å². The van der Waals surface area contributed by atoms with Crippen LogP contribution < -0.4 is 20.3 Å². The van der Waals surface area contributed by atoms with Gasteiger partial charge in [0, 0.05) is 21.8 Å². The number of nitrogens with one attached hydrogen (secondary N) is 1. The number of carbonyl (C=O) groups is 1. The van der Waals surface area contributed by atoms with Gasteiger partial charge in [-0.05, 0) is 49.4 Å². The first-order valence-corrected chi connectivity index (χ1v) is 12.1. The van der Waals surface area contributed by atoms with Crippen molar-refractivity contribution in [2.24, 2.45) is 0 Å². The van der Waals surface area contributed by atoms with Crippen LogP contribution in [-0.2, 0) is 4.79 Å². The van der Waals surface area contributed by atoms with Gasteiger partial charge >= 0.3 is 0 Å². The molecular formula is C25H21Cl2N3O4S. The molecule has 0 radical (unpaired) electrons. The first kappa shape index (κ1) is 24.9. The smallest absolute Gasteiger partial charge is 0.266 e. The van der Waals surface area contributed by atoms with Crippen LogP contribution >= 0.6 is 35.0 Å². The molecule has 0 saturated heterocycles. The van der Waals surface area contributed by atoms with Crippen LogP contribution in [0.25, 0.3) is 16.6 Å². The molecule has 7 nitrogen and oxygen atoms in total. The van der Waals surface area contributed by atoms with Gasteiger partial charge in [-0.2, -0.15) is 0 Å². The summed E-state index contributed by atoms with van der Waals surface area (Å²) in [6, 6.07) is 17.0. The number of halogens is 2. The van der Waals surface area contributed by atoms with Gasteiger partial charge in [0.15, 0.2) is 16.7 Å². The summed E-state index contributed by atoms with van der Waals surface area (Å²) in [4.78, 5) is 31.2. The van der Waals surface area contributed by atoms with E-state index in [-0.39, 0.29) is 11.5 Å². The highest BCUT2D eigenvalue weighted by Gasteiger charge is 2.21. The van der Waals surface area contributed by atoms with Crippen LogP contribution in [0, 0.1) is 0 Å². The standard InChI is InChI=1S/C25H21Cl2N3O4S/c1-14(23(31)28-17-11-15(26)10-16(27)12-17)35-25-29-20-7-5-4-6-19(20)24(32)30(25)18-8-9-21(33-2)22(13-18)34-3/h4-14H,1-3H3,(H,28,31)/t14-/m1/s1. The second-order valence-corrected chi connectivity index (χ2v) is 9.68. The molecule has 1 amide bonds. The molecule has 1 atom stereocenters. The number of hydrogen-bond acceptors (Lipinski definition) is 6. The van der Waals surface area contributed by atoms with Crippen molar-refractivity contribution in [2.75, 3.05) is 19.5 Å². The molecular weight excluding hydrogens is 509 g/mol. The fourth-order valence-corrected chi connectivity index (χ4v) is 4.92. The van der Waals surface area contributed by atoms with Crippen LogP contribution in [0.4, 0.5) is 5.69 Å². The second kappa shape index (κ2) is 10.6. The number of aromatic nitrogens is 2. The van der Waals surface area contributed by atoms with E-state index in [1.54, 1.807) is 61.5 Å². The van der Waals surface area contributed by atoms with E-state index < -0.39 is 5.25 Å². The van der Waals surface area contributed by atoms with Gasteiger partial charge in [-0.15, -0.1) is 0 Å². The normalized spacial score (nSPS) is 11.8. The zero-order chi connectivity index (χ0) is 25.1. The van der Waals surface area contributed by atoms with E-state index in [4.69, 9.17) is 37.7 Å². The number of amides is 1. The number of ether oxygens (including phenoxy) is 2. The molecule has 3 aromatic carbocycles. The number of benzene rings is 3. The van der Waals surface area contributed by atoms with Crippen molar-refractivity contribution in [3.63, 3.8) is 0 Å². The minimum absolute atomic E-state index is 0.264. The fourth-order valence-electron chi connectivity index (χ4n) is 3.46. The highest BCUT2D eigenvalue weighted by Crippen LogP contribution is 2.32. The van der Waals surface area contributed by atoms with Crippen molar-refractivity contribution < 1.29 is 14.3 Å². The first-order valence-electron chi connectivity index (χ1n) is 10.5. The number of rotatable bonds is 7. The van der Waals surface area contributed by atoms with Crippen molar-refractivity contribution >= 4 is 57.5 Å². The average molecular weight is 530 g/mol. The molecule has 180 valence electrons. The van der Waals surface area contributed by atoms with Crippen molar-refractivity contribution in [1.82, 2.24) is 9.55 Å². The van der Waals surface area contributed by atoms with Crippen molar-refractivity contribution in [2.45, 2.75) is 17.3 Å². The van der Waals surface area contributed by atoms with E-state index in [1.807, 2.05) is 6.07 Å². The number of nitrogens with zero attached hydrogens (tertiary/aromatic N) is 2. The Morgan fingerprint density at radius 2 is 1.69 bits per heavy atom. The van der Waals surface area contributed by atoms with Crippen LogP contribution in [0.15, 0.2) is 70.6 Å². The number of thioether (sulfide) groups is 1. The molecule has 1 heterocycles. The maximum atomic E-state index is 13.5. The lowest BCUT2D eigenvalue weighted by Crippen LogP contribution is -2.26. The fraction of sp³-hybridized carbons (Fsp3) is 0.160. The Morgan fingerprint density at radius 1 is 1.00 bits per heavy atom.